The standard InChI is InChI=1S/C19H32N7O4P/c1-12(2)24-30-31(25-19(6,7)18(27)29-13(3)4)11-28-14(5)8-26-10-23-15-16(20)21-9-22-17(15)26/h9-10,13-14,25H,8,11H2,1-7H3,(H2,20,21,22)/t14-,31+/m1/s1. The van der Waals surface area contributed by atoms with Crippen LogP contribution in [0.5, 0.6) is 0 Å². The number of carbonyl (C=O) groups is 1. The lowest BCUT2D eigenvalue weighted by molar-refractivity contribution is -0.153. The van der Waals surface area contributed by atoms with Crippen LogP contribution in [0.2, 0.25) is 0 Å². The molecule has 0 bridgehead atoms. The van der Waals surface area contributed by atoms with Crippen molar-refractivity contribution in [1.29, 1.82) is 0 Å². The molecule has 3 N–H and O–H groups in total. The van der Waals surface area contributed by atoms with Crippen LogP contribution in [-0.4, -0.2) is 55.3 Å². The van der Waals surface area contributed by atoms with Crippen molar-refractivity contribution in [1.82, 2.24) is 24.6 Å². The molecule has 2 atom stereocenters. The summed E-state index contributed by atoms with van der Waals surface area (Å²) in [7, 11) is -1.41. The molecule has 172 valence electrons. The highest BCUT2D eigenvalue weighted by molar-refractivity contribution is 7.50. The first-order valence-electron chi connectivity index (χ1n) is 9.97. The number of imidazole rings is 1. The quantitative estimate of drug-likeness (QED) is 0.227. The third kappa shape index (κ3) is 7.37. The van der Waals surface area contributed by atoms with Gasteiger partial charge in [-0.15, -0.1) is 0 Å². The van der Waals surface area contributed by atoms with Crippen LogP contribution in [0.15, 0.2) is 17.8 Å². The van der Waals surface area contributed by atoms with Crippen LogP contribution in [0.25, 0.3) is 11.2 Å². The number of esters is 1. The monoisotopic (exact) mass is 453 g/mol. The topological polar surface area (TPSA) is 139 Å². The van der Waals surface area contributed by atoms with E-state index in [1.165, 1.54) is 6.33 Å². The van der Waals surface area contributed by atoms with E-state index in [-0.39, 0.29) is 24.5 Å². The molecule has 0 fully saturated rings. The van der Waals surface area contributed by atoms with Crippen LogP contribution in [0.4, 0.5) is 5.82 Å². The zero-order chi connectivity index (χ0) is 23.2. The molecular weight excluding hydrogens is 421 g/mol. The first-order chi connectivity index (χ1) is 14.5. The Kier molecular flexibility index (Phi) is 8.67. The highest BCUT2D eigenvalue weighted by Crippen LogP contribution is 2.36. The van der Waals surface area contributed by atoms with Gasteiger partial charge in [-0.3, -0.25) is 4.79 Å². The highest BCUT2D eigenvalue weighted by atomic mass is 31.2. The molecule has 0 aromatic carbocycles. The molecule has 2 aromatic heterocycles. The number of fused-ring (bicyclic) bond motifs is 1. The molecule has 0 unspecified atom stereocenters. The van der Waals surface area contributed by atoms with Crippen LogP contribution in [-0.2, 0) is 25.4 Å². The van der Waals surface area contributed by atoms with Gasteiger partial charge in [-0.1, -0.05) is 5.16 Å². The minimum Gasteiger partial charge on any atom is -0.462 e. The van der Waals surface area contributed by atoms with E-state index >= 15 is 0 Å². The van der Waals surface area contributed by atoms with Crippen molar-refractivity contribution in [3.8, 4) is 0 Å². The number of nitrogens with one attached hydrogen (secondary N) is 1. The van der Waals surface area contributed by atoms with Crippen molar-refractivity contribution < 1.29 is 18.9 Å². The number of ether oxygens (including phenoxy) is 2. The van der Waals surface area contributed by atoms with Crippen molar-refractivity contribution in [2.24, 2.45) is 5.16 Å². The van der Waals surface area contributed by atoms with Crippen molar-refractivity contribution in [2.75, 3.05) is 12.1 Å². The van der Waals surface area contributed by atoms with Crippen LogP contribution in [0.1, 0.15) is 48.5 Å². The number of nitrogens with two attached hydrogens (primary N) is 1. The summed E-state index contributed by atoms with van der Waals surface area (Å²) in [5.41, 5.74) is 6.83. The molecule has 2 rings (SSSR count). The lowest BCUT2D eigenvalue weighted by atomic mass is 10.1. The van der Waals surface area contributed by atoms with Gasteiger partial charge >= 0.3 is 5.97 Å². The summed E-state index contributed by atoms with van der Waals surface area (Å²) in [6, 6.07) is 0. The lowest BCUT2D eigenvalue weighted by Gasteiger charge is -2.29. The Morgan fingerprint density at radius 2 is 2.00 bits per heavy atom. The van der Waals surface area contributed by atoms with E-state index in [2.05, 4.69) is 25.2 Å². The minimum atomic E-state index is -1.41. The van der Waals surface area contributed by atoms with Crippen LogP contribution in [0.3, 0.4) is 0 Å². The SMILES string of the molecule is CC(C)=NO[P@@](CO[C@H](C)Cn1cnc2c(N)ncnc21)NC(C)(C)C(=O)OC(C)C. The number of nitrogens with zero attached hydrogens (tertiary/aromatic N) is 5. The Morgan fingerprint density at radius 3 is 2.65 bits per heavy atom. The molecule has 2 heterocycles. The molecule has 2 aromatic rings. The molecule has 0 aliphatic carbocycles. The fourth-order valence-corrected chi connectivity index (χ4v) is 4.00. The van der Waals surface area contributed by atoms with Gasteiger partial charge in [0.1, 0.15) is 23.7 Å². The second-order valence-corrected chi connectivity index (χ2v) is 9.53. The molecule has 31 heavy (non-hydrogen) atoms. The Morgan fingerprint density at radius 1 is 1.29 bits per heavy atom. The van der Waals surface area contributed by atoms with E-state index in [9.17, 15) is 4.79 Å². The zero-order valence-electron chi connectivity index (χ0n) is 19.1. The summed E-state index contributed by atoms with van der Waals surface area (Å²) in [5.74, 6) is -0.0345. The maximum atomic E-state index is 12.4. The molecule has 12 heteroatoms. The maximum absolute atomic E-state index is 12.4. The van der Waals surface area contributed by atoms with Gasteiger partial charge in [0, 0.05) is 0 Å². The van der Waals surface area contributed by atoms with E-state index in [1.807, 2.05) is 25.3 Å². The van der Waals surface area contributed by atoms with Gasteiger partial charge in [0.2, 0.25) is 8.30 Å². The fourth-order valence-electron chi connectivity index (χ4n) is 2.48. The number of hydrogen-bond acceptors (Lipinski definition) is 10. The molecular formula is C19H32N7O4P. The van der Waals surface area contributed by atoms with E-state index in [1.54, 1.807) is 34.0 Å². The molecule has 0 saturated carbocycles. The predicted octanol–water partition coefficient (Wildman–Crippen LogP) is 2.82. The number of oxime groups is 1. The Labute approximate surface area is 183 Å². The van der Waals surface area contributed by atoms with Gasteiger partial charge in [0.15, 0.2) is 11.5 Å². The second-order valence-electron chi connectivity index (χ2n) is 8.12. The average Bonchev–Trinajstić information content (AvgIpc) is 3.07. The highest BCUT2D eigenvalue weighted by Gasteiger charge is 2.34. The van der Waals surface area contributed by atoms with E-state index in [0.717, 1.165) is 5.71 Å². The summed E-state index contributed by atoms with van der Waals surface area (Å²) in [6.45, 7) is 13.2. The minimum absolute atomic E-state index is 0.193. The van der Waals surface area contributed by atoms with E-state index < -0.39 is 13.8 Å². The van der Waals surface area contributed by atoms with Gasteiger partial charge in [0.05, 0.1) is 30.8 Å². The van der Waals surface area contributed by atoms with Gasteiger partial charge in [-0.2, -0.15) is 0 Å². The zero-order valence-corrected chi connectivity index (χ0v) is 20.0. The Balaban J connectivity index is 2.02. The molecule has 0 aliphatic heterocycles. The van der Waals surface area contributed by atoms with Gasteiger partial charge in [-0.25, -0.2) is 20.0 Å². The fraction of sp³-hybridized carbons (Fsp3) is 0.632. The molecule has 0 aliphatic rings. The van der Waals surface area contributed by atoms with E-state index in [0.29, 0.717) is 23.5 Å². The maximum Gasteiger partial charge on any atom is 0.326 e. The Bertz CT molecular complexity index is 912. The molecule has 0 amide bonds. The Hall–Kier alpha value is -2.36. The van der Waals surface area contributed by atoms with Crippen molar-refractivity contribution in [2.45, 2.75) is 72.8 Å². The van der Waals surface area contributed by atoms with Crippen LogP contribution < -0.4 is 10.8 Å². The number of anilines is 1. The third-order valence-electron chi connectivity index (χ3n) is 3.94. The third-order valence-corrected chi connectivity index (χ3v) is 5.41. The second kappa shape index (κ2) is 10.8. The number of hydrogen-bond donors (Lipinski definition) is 2. The lowest BCUT2D eigenvalue weighted by Crippen LogP contribution is -2.46. The van der Waals surface area contributed by atoms with Gasteiger partial charge < -0.3 is 24.4 Å². The predicted molar refractivity (Wildman–Crippen MR) is 120 cm³/mol. The number of rotatable bonds is 11. The normalized spacial score (nSPS) is 13.8. The molecule has 0 saturated heterocycles. The number of aromatic nitrogens is 4. The molecule has 0 radical (unpaired) electrons. The smallest absolute Gasteiger partial charge is 0.326 e. The van der Waals surface area contributed by atoms with Gasteiger partial charge in [-0.05, 0) is 48.5 Å². The van der Waals surface area contributed by atoms with Gasteiger partial charge in [0.25, 0.3) is 0 Å². The number of nitrogen functional groups attached to an aromatic ring is 1. The number of carbonyl (C=O) groups excluding carboxylic acids is 1. The first-order valence-corrected chi connectivity index (χ1v) is 11.4. The summed E-state index contributed by atoms with van der Waals surface area (Å²) in [4.78, 5) is 24.9. The van der Waals surface area contributed by atoms with Crippen molar-refractivity contribution in [3.63, 3.8) is 0 Å². The summed E-state index contributed by atoms with van der Waals surface area (Å²) in [5, 5.41) is 7.22. The van der Waals surface area contributed by atoms with Crippen LogP contribution >= 0.6 is 8.30 Å². The average molecular weight is 453 g/mol. The van der Waals surface area contributed by atoms with Crippen LogP contribution in [0, 0.1) is 0 Å². The summed E-state index contributed by atoms with van der Waals surface area (Å²) in [6.07, 6.45) is 2.87. The van der Waals surface area contributed by atoms with E-state index in [4.69, 9.17) is 19.8 Å². The molecule has 0 spiro atoms. The summed E-state index contributed by atoms with van der Waals surface area (Å²) >= 11 is 0. The summed E-state index contributed by atoms with van der Waals surface area (Å²) < 4.78 is 18.8. The van der Waals surface area contributed by atoms with Crippen molar-refractivity contribution >= 4 is 37.0 Å². The molecule has 11 nitrogen and oxygen atoms in total. The first kappa shape index (κ1) is 24.9. The van der Waals surface area contributed by atoms with Crippen molar-refractivity contribution in [3.05, 3.63) is 12.7 Å². The largest absolute Gasteiger partial charge is 0.462 e.